The fourth-order valence-electron chi connectivity index (χ4n) is 3.03. The Morgan fingerprint density at radius 2 is 1.96 bits per heavy atom. The Kier molecular flexibility index (Phi) is 5.39. The molecule has 2 rings (SSSR count). The number of β-amino-alcohol motifs (C(OH)–C–C–N with tert-alkyl or cyclic N) is 1. The minimum atomic E-state index is -4.73. The Morgan fingerprint density at radius 1 is 1.32 bits per heavy atom. The highest BCUT2D eigenvalue weighted by Gasteiger charge is 2.41. The lowest BCUT2D eigenvalue weighted by Crippen LogP contribution is -2.54. The fourth-order valence-corrected chi connectivity index (χ4v) is 4.70. The molecule has 0 aromatic heterocycles. The van der Waals surface area contributed by atoms with Crippen LogP contribution >= 0.6 is 0 Å². The number of alkyl halides is 3. The number of nitrogens with zero attached hydrogens (tertiary/aromatic N) is 2. The van der Waals surface area contributed by atoms with Gasteiger partial charge in [0.25, 0.3) is 0 Å². The lowest BCUT2D eigenvalue weighted by molar-refractivity contribution is -0.137. The molecule has 1 aromatic carbocycles. The number of phenols is 1. The lowest BCUT2D eigenvalue weighted by atomic mass is 9.94. The number of aliphatic hydroxyl groups is 1. The van der Waals surface area contributed by atoms with Crippen molar-refractivity contribution < 1.29 is 31.8 Å². The third kappa shape index (κ3) is 4.43. The number of halogens is 3. The summed E-state index contributed by atoms with van der Waals surface area (Å²) in [7, 11) is -0.925. The van der Waals surface area contributed by atoms with Crippen LogP contribution in [-0.2, 0) is 16.2 Å². The van der Waals surface area contributed by atoms with Crippen LogP contribution in [0, 0.1) is 0 Å². The molecule has 1 fully saturated rings. The number of benzene rings is 1. The molecule has 10 heteroatoms. The quantitative estimate of drug-likeness (QED) is 0.825. The Labute approximate surface area is 144 Å². The van der Waals surface area contributed by atoms with Crippen molar-refractivity contribution in [3.8, 4) is 5.75 Å². The van der Waals surface area contributed by atoms with Crippen molar-refractivity contribution in [1.82, 2.24) is 9.21 Å². The van der Waals surface area contributed by atoms with Gasteiger partial charge in [-0.05, 0) is 45.1 Å². The molecule has 1 unspecified atom stereocenters. The van der Waals surface area contributed by atoms with E-state index in [9.17, 15) is 31.8 Å². The van der Waals surface area contributed by atoms with Crippen LogP contribution in [0.5, 0.6) is 5.75 Å². The fraction of sp³-hybridized carbons (Fsp3) is 0.600. The first-order chi connectivity index (χ1) is 11.3. The zero-order valence-corrected chi connectivity index (χ0v) is 14.7. The number of phenolic OH excluding ortho intramolecular Hbond substituents is 1. The van der Waals surface area contributed by atoms with E-state index < -0.39 is 38.0 Å². The zero-order valence-electron chi connectivity index (χ0n) is 13.9. The van der Waals surface area contributed by atoms with Gasteiger partial charge in [-0.1, -0.05) is 0 Å². The van der Waals surface area contributed by atoms with E-state index in [1.165, 1.54) is 0 Å². The highest BCUT2D eigenvalue weighted by molar-refractivity contribution is 7.89. The first kappa shape index (κ1) is 20.0. The SMILES string of the molecule is CN(C)CC1(O)CCCN(S(=O)(=O)c2cc(C(F)(F)F)ccc2O)C1. The molecule has 1 aliphatic rings. The molecule has 6 nitrogen and oxygen atoms in total. The van der Waals surface area contributed by atoms with E-state index in [-0.39, 0.29) is 19.6 Å². The molecule has 0 aliphatic carbocycles. The second-order valence-corrected chi connectivity index (χ2v) is 8.49. The number of piperidine rings is 1. The van der Waals surface area contributed by atoms with Crippen LogP contribution in [0.1, 0.15) is 18.4 Å². The topological polar surface area (TPSA) is 81.1 Å². The summed E-state index contributed by atoms with van der Waals surface area (Å²) in [6.45, 7) is 0.0323. The minimum absolute atomic E-state index is 0.0633. The summed E-state index contributed by atoms with van der Waals surface area (Å²) in [4.78, 5) is 0.897. The molecule has 0 saturated carbocycles. The third-order valence-electron chi connectivity index (χ3n) is 4.04. The second kappa shape index (κ2) is 6.75. The summed E-state index contributed by atoms with van der Waals surface area (Å²) < 4.78 is 65.0. The monoisotopic (exact) mass is 382 g/mol. The molecule has 0 bridgehead atoms. The Morgan fingerprint density at radius 3 is 2.52 bits per heavy atom. The first-order valence-electron chi connectivity index (χ1n) is 7.63. The standard InChI is InChI=1S/C15H21F3N2O4S/c1-19(2)9-14(22)6-3-7-20(10-14)25(23,24)13-8-11(15(16,17)18)4-5-12(13)21/h4-5,8,21-22H,3,6-7,9-10H2,1-2H3. The van der Waals surface area contributed by atoms with E-state index in [0.717, 1.165) is 4.31 Å². The molecule has 142 valence electrons. The maximum atomic E-state index is 12.9. The Balaban J connectivity index is 2.38. The third-order valence-corrected chi connectivity index (χ3v) is 5.91. The average Bonchev–Trinajstić information content (AvgIpc) is 2.44. The highest BCUT2D eigenvalue weighted by Crippen LogP contribution is 2.36. The first-order valence-corrected chi connectivity index (χ1v) is 9.07. The predicted octanol–water partition coefficient (Wildman–Crippen LogP) is 1.49. The number of sulfonamides is 1. The van der Waals surface area contributed by atoms with Crippen LogP contribution in [0.3, 0.4) is 0 Å². The second-order valence-electron chi connectivity index (χ2n) is 6.58. The number of aromatic hydroxyl groups is 1. The minimum Gasteiger partial charge on any atom is -0.507 e. The van der Waals surface area contributed by atoms with Crippen LogP contribution in [0.15, 0.2) is 23.1 Å². The summed E-state index contributed by atoms with van der Waals surface area (Å²) >= 11 is 0. The molecule has 1 saturated heterocycles. The molecule has 1 atom stereocenters. The molecule has 25 heavy (non-hydrogen) atoms. The highest BCUT2D eigenvalue weighted by atomic mass is 32.2. The number of hydrogen-bond acceptors (Lipinski definition) is 5. The zero-order chi connectivity index (χ0) is 19.0. The van der Waals surface area contributed by atoms with Gasteiger partial charge in [-0.25, -0.2) is 8.42 Å². The molecule has 0 amide bonds. The molecule has 1 heterocycles. The van der Waals surface area contributed by atoms with Gasteiger partial charge in [0, 0.05) is 19.6 Å². The van der Waals surface area contributed by atoms with Crippen molar-refractivity contribution in [2.75, 3.05) is 33.7 Å². The van der Waals surface area contributed by atoms with Crippen molar-refractivity contribution in [2.24, 2.45) is 0 Å². The van der Waals surface area contributed by atoms with E-state index in [1.807, 2.05) is 0 Å². The smallest absolute Gasteiger partial charge is 0.416 e. The van der Waals surface area contributed by atoms with Crippen molar-refractivity contribution in [3.05, 3.63) is 23.8 Å². The van der Waals surface area contributed by atoms with Gasteiger partial charge in [-0.3, -0.25) is 0 Å². The van der Waals surface area contributed by atoms with Crippen LogP contribution in [-0.4, -0.2) is 67.2 Å². The van der Waals surface area contributed by atoms with Crippen LogP contribution in [0.25, 0.3) is 0 Å². The molecular formula is C15H21F3N2O4S. The summed E-state index contributed by atoms with van der Waals surface area (Å²) in [6.07, 6.45) is -3.99. The van der Waals surface area contributed by atoms with E-state index in [0.29, 0.717) is 31.0 Å². The van der Waals surface area contributed by atoms with Gasteiger partial charge in [0.05, 0.1) is 11.2 Å². The summed E-state index contributed by atoms with van der Waals surface area (Å²) in [5.41, 5.74) is -2.46. The normalized spacial score (nSPS) is 23.2. The van der Waals surface area contributed by atoms with Crippen molar-refractivity contribution in [2.45, 2.75) is 29.5 Å². The van der Waals surface area contributed by atoms with Gasteiger partial charge in [0.1, 0.15) is 10.6 Å². The lowest BCUT2D eigenvalue weighted by Gasteiger charge is -2.39. The number of rotatable bonds is 4. The van der Waals surface area contributed by atoms with Gasteiger partial charge in [-0.2, -0.15) is 17.5 Å². The van der Waals surface area contributed by atoms with Gasteiger partial charge in [0.15, 0.2) is 0 Å². The average molecular weight is 382 g/mol. The molecule has 0 spiro atoms. The predicted molar refractivity (Wildman–Crippen MR) is 84.6 cm³/mol. The molecule has 1 aliphatic heterocycles. The van der Waals surface area contributed by atoms with E-state index in [2.05, 4.69) is 0 Å². The summed E-state index contributed by atoms with van der Waals surface area (Å²) in [6, 6.07) is 1.75. The van der Waals surface area contributed by atoms with E-state index in [4.69, 9.17) is 0 Å². The van der Waals surface area contributed by atoms with Crippen molar-refractivity contribution in [1.29, 1.82) is 0 Å². The van der Waals surface area contributed by atoms with Crippen LogP contribution in [0.4, 0.5) is 13.2 Å². The molecular weight excluding hydrogens is 361 g/mol. The van der Waals surface area contributed by atoms with E-state index >= 15 is 0 Å². The molecule has 2 N–H and O–H groups in total. The van der Waals surface area contributed by atoms with Crippen molar-refractivity contribution in [3.63, 3.8) is 0 Å². The Bertz CT molecular complexity index is 737. The van der Waals surface area contributed by atoms with Gasteiger partial charge in [0.2, 0.25) is 10.0 Å². The maximum Gasteiger partial charge on any atom is 0.416 e. The van der Waals surface area contributed by atoms with Gasteiger partial charge >= 0.3 is 6.18 Å². The van der Waals surface area contributed by atoms with Gasteiger partial charge in [-0.15, -0.1) is 0 Å². The van der Waals surface area contributed by atoms with Crippen molar-refractivity contribution >= 4 is 10.0 Å². The number of hydrogen-bond donors (Lipinski definition) is 2. The molecule has 1 aromatic rings. The van der Waals surface area contributed by atoms with Crippen LogP contribution in [0.2, 0.25) is 0 Å². The summed E-state index contributed by atoms with van der Waals surface area (Å²) in [5.74, 6) is -0.755. The van der Waals surface area contributed by atoms with Gasteiger partial charge < -0.3 is 15.1 Å². The number of likely N-dealkylation sites (N-methyl/N-ethyl adjacent to an activating group) is 1. The van der Waals surface area contributed by atoms with E-state index in [1.54, 1.807) is 19.0 Å². The van der Waals surface area contributed by atoms with Crippen LogP contribution < -0.4 is 0 Å². The summed E-state index contributed by atoms with van der Waals surface area (Å²) in [5, 5.41) is 20.4. The maximum absolute atomic E-state index is 12.9. The largest absolute Gasteiger partial charge is 0.507 e. The Hall–Kier alpha value is -1.36. The molecule has 0 radical (unpaired) electrons.